The Labute approximate surface area is 298 Å². The molecule has 0 aliphatic heterocycles. The van der Waals surface area contributed by atoms with E-state index < -0.39 is 0 Å². The van der Waals surface area contributed by atoms with E-state index in [1.54, 1.807) is 0 Å². The number of carbonyl (C=O) groups is 1. The fraction of sp³-hybridized carbons (Fsp3) is 0.848. The largest absolute Gasteiger partial charge is 0.462 e. The van der Waals surface area contributed by atoms with Crippen molar-refractivity contribution in [3.63, 3.8) is 0 Å². The molecule has 0 amide bonds. The molecule has 0 bridgehead atoms. The molecule has 0 N–H and O–H groups in total. The average Bonchev–Trinajstić information content (AvgIpc) is 3.42. The second-order valence-electron chi connectivity index (χ2n) is 17.9. The van der Waals surface area contributed by atoms with Gasteiger partial charge >= 0.3 is 5.97 Å². The van der Waals surface area contributed by atoms with E-state index in [4.69, 9.17) is 4.74 Å². The van der Waals surface area contributed by atoms with Crippen LogP contribution in [-0.4, -0.2) is 12.1 Å². The van der Waals surface area contributed by atoms with Crippen LogP contribution in [0.25, 0.3) is 0 Å². The summed E-state index contributed by atoms with van der Waals surface area (Å²) in [5, 5.41) is 0. The molecule has 0 spiro atoms. The first kappa shape index (κ1) is 39.5. The van der Waals surface area contributed by atoms with Crippen LogP contribution in [0.2, 0.25) is 0 Å². The molecule has 7 atom stereocenters. The molecule has 7 unspecified atom stereocenters. The Bertz CT molecular complexity index is 1060. The first-order chi connectivity index (χ1) is 23.1. The number of esters is 1. The highest BCUT2D eigenvalue weighted by Crippen LogP contribution is 2.66. The molecule has 48 heavy (non-hydrogen) atoms. The van der Waals surface area contributed by atoms with E-state index in [-0.39, 0.29) is 12.1 Å². The molecule has 0 heterocycles. The van der Waals surface area contributed by atoms with Gasteiger partial charge in [0.25, 0.3) is 0 Å². The van der Waals surface area contributed by atoms with E-state index in [0.717, 1.165) is 43.4 Å². The number of fused-ring (bicyclic) bond motifs is 4. The van der Waals surface area contributed by atoms with Gasteiger partial charge in [-0.25, -0.2) is 0 Å². The van der Waals surface area contributed by atoms with Crippen molar-refractivity contribution >= 4 is 5.97 Å². The van der Waals surface area contributed by atoms with E-state index in [2.05, 4.69) is 60.3 Å². The zero-order valence-corrected chi connectivity index (χ0v) is 32.8. The minimum Gasteiger partial charge on any atom is -0.462 e. The molecular formula is C46H78O2. The maximum Gasteiger partial charge on any atom is 0.306 e. The summed E-state index contributed by atoms with van der Waals surface area (Å²) in [4.78, 5) is 12.8. The number of rotatable bonds is 21. The Balaban J connectivity index is 1.13. The van der Waals surface area contributed by atoms with Crippen LogP contribution in [0.4, 0.5) is 0 Å². The van der Waals surface area contributed by atoms with Crippen LogP contribution in [0, 0.1) is 40.4 Å². The molecule has 0 aromatic carbocycles. The Morgan fingerprint density at radius 1 is 0.833 bits per heavy atom. The average molecular weight is 663 g/mol. The molecule has 4 aliphatic carbocycles. The molecule has 4 rings (SSSR count). The highest BCUT2D eigenvalue weighted by molar-refractivity contribution is 5.69. The van der Waals surface area contributed by atoms with Gasteiger partial charge in [0.1, 0.15) is 6.10 Å². The first-order valence-corrected chi connectivity index (χ1v) is 21.3. The third kappa shape index (κ3) is 10.4. The molecule has 2 fully saturated rings. The van der Waals surface area contributed by atoms with Crippen molar-refractivity contribution in [3.05, 3.63) is 35.5 Å². The summed E-state index contributed by atoms with van der Waals surface area (Å²) in [7, 11) is 0. The fourth-order valence-corrected chi connectivity index (χ4v) is 11.0. The summed E-state index contributed by atoms with van der Waals surface area (Å²) in [5.41, 5.74) is 6.01. The second kappa shape index (κ2) is 19.3. The van der Waals surface area contributed by atoms with Gasteiger partial charge in [0, 0.05) is 6.42 Å². The highest BCUT2D eigenvalue weighted by atomic mass is 16.5. The van der Waals surface area contributed by atoms with Crippen molar-refractivity contribution in [2.45, 2.75) is 208 Å². The highest BCUT2D eigenvalue weighted by Gasteiger charge is 2.56. The molecule has 2 saturated carbocycles. The van der Waals surface area contributed by atoms with Crippen LogP contribution in [0.1, 0.15) is 202 Å². The third-order valence-electron chi connectivity index (χ3n) is 14.4. The van der Waals surface area contributed by atoms with Gasteiger partial charge in [-0.2, -0.15) is 0 Å². The van der Waals surface area contributed by atoms with E-state index in [1.165, 1.54) is 134 Å². The van der Waals surface area contributed by atoms with Crippen molar-refractivity contribution < 1.29 is 9.53 Å². The van der Waals surface area contributed by atoms with E-state index in [9.17, 15) is 4.79 Å². The van der Waals surface area contributed by atoms with E-state index in [1.807, 2.05) is 11.1 Å². The molecule has 0 aromatic rings. The number of unbranched alkanes of at least 4 members (excludes halogenated alkanes) is 11. The zero-order valence-electron chi connectivity index (χ0n) is 32.8. The molecule has 2 heteroatoms. The van der Waals surface area contributed by atoms with Crippen molar-refractivity contribution in [2.24, 2.45) is 40.4 Å². The van der Waals surface area contributed by atoms with Gasteiger partial charge in [0.2, 0.25) is 0 Å². The van der Waals surface area contributed by atoms with Crippen molar-refractivity contribution in [3.8, 4) is 0 Å². The zero-order chi connectivity index (χ0) is 34.6. The van der Waals surface area contributed by atoms with Crippen LogP contribution < -0.4 is 0 Å². The number of carbonyl (C=O) groups excluding carboxylic acids is 1. The smallest absolute Gasteiger partial charge is 0.306 e. The standard InChI is InChI=1S/C46H78O2/c1-8-9-10-11-12-13-14-15-16-17-18-19-20-21-22-23-44(47)48-39-30-32-45(6)38(34-39)26-27-40-42-29-28-41(46(42,7)33-31-43(40)45)37(5)25-24-36(4)35(2)3/h15-16,35,37-39,41-42H,4,8-14,17-34H2,1-3,5-7H3. The molecule has 274 valence electrons. The number of ether oxygens (including phenoxy) is 1. The maximum absolute atomic E-state index is 12.8. The minimum absolute atomic E-state index is 0.0634. The lowest BCUT2D eigenvalue weighted by molar-refractivity contribution is -0.153. The Hall–Kier alpha value is -1.31. The maximum atomic E-state index is 12.8. The Morgan fingerprint density at radius 2 is 1.50 bits per heavy atom. The predicted molar refractivity (Wildman–Crippen MR) is 207 cm³/mol. The van der Waals surface area contributed by atoms with Crippen molar-refractivity contribution in [2.75, 3.05) is 0 Å². The van der Waals surface area contributed by atoms with Crippen molar-refractivity contribution in [1.29, 1.82) is 0 Å². The minimum atomic E-state index is 0.0634. The Morgan fingerprint density at radius 3 is 2.19 bits per heavy atom. The van der Waals surface area contributed by atoms with Gasteiger partial charge in [0.15, 0.2) is 0 Å². The quantitative estimate of drug-likeness (QED) is 0.0694. The molecular weight excluding hydrogens is 585 g/mol. The lowest BCUT2D eigenvalue weighted by Crippen LogP contribution is -2.46. The molecule has 0 radical (unpaired) electrons. The first-order valence-electron chi connectivity index (χ1n) is 21.3. The van der Waals surface area contributed by atoms with Crippen LogP contribution in [0.15, 0.2) is 35.5 Å². The summed E-state index contributed by atoms with van der Waals surface area (Å²) in [5.74, 6) is 3.82. The summed E-state index contributed by atoms with van der Waals surface area (Å²) in [6.07, 6.45) is 36.3. The van der Waals surface area contributed by atoms with Gasteiger partial charge in [-0.05, 0) is 143 Å². The van der Waals surface area contributed by atoms with Gasteiger partial charge in [0.05, 0.1) is 0 Å². The normalized spacial score (nSPS) is 30.7. The van der Waals surface area contributed by atoms with E-state index in [0.29, 0.717) is 29.1 Å². The molecule has 0 saturated heterocycles. The molecule has 2 nitrogen and oxygen atoms in total. The number of allylic oxidation sites excluding steroid dienone is 5. The Kier molecular flexibility index (Phi) is 15.9. The number of hydrogen-bond acceptors (Lipinski definition) is 2. The van der Waals surface area contributed by atoms with Gasteiger partial charge in [-0.15, -0.1) is 0 Å². The van der Waals surface area contributed by atoms with Crippen LogP contribution in [-0.2, 0) is 9.53 Å². The number of hydrogen-bond donors (Lipinski definition) is 0. The fourth-order valence-electron chi connectivity index (χ4n) is 11.0. The molecule has 0 aromatic heterocycles. The predicted octanol–water partition coefficient (Wildman–Crippen LogP) is 14.3. The lowest BCUT2D eigenvalue weighted by Gasteiger charge is -2.55. The van der Waals surface area contributed by atoms with Crippen molar-refractivity contribution in [1.82, 2.24) is 0 Å². The lowest BCUT2D eigenvalue weighted by atomic mass is 9.50. The SMILES string of the molecule is C=C(CCC(C)C1CCC2C3=C(CCC21C)C1(C)CCC(OC(=O)CCCCCCCC=CCCCCCCCC)CC1CC3)C(C)C. The van der Waals surface area contributed by atoms with Gasteiger partial charge < -0.3 is 4.74 Å². The van der Waals surface area contributed by atoms with Crippen LogP contribution in [0.3, 0.4) is 0 Å². The third-order valence-corrected chi connectivity index (χ3v) is 14.4. The summed E-state index contributed by atoms with van der Waals surface area (Å²) < 4.78 is 6.15. The van der Waals surface area contributed by atoms with Gasteiger partial charge in [-0.1, -0.05) is 128 Å². The summed E-state index contributed by atoms with van der Waals surface area (Å²) in [6.45, 7) is 19.1. The molecule has 4 aliphatic rings. The second-order valence-corrected chi connectivity index (χ2v) is 17.9. The monoisotopic (exact) mass is 663 g/mol. The topological polar surface area (TPSA) is 26.3 Å². The van der Waals surface area contributed by atoms with Crippen LogP contribution >= 0.6 is 0 Å². The van der Waals surface area contributed by atoms with Gasteiger partial charge in [-0.3, -0.25) is 4.79 Å². The van der Waals surface area contributed by atoms with E-state index >= 15 is 0 Å². The summed E-state index contributed by atoms with van der Waals surface area (Å²) >= 11 is 0. The van der Waals surface area contributed by atoms with Crippen LogP contribution in [0.5, 0.6) is 0 Å². The summed E-state index contributed by atoms with van der Waals surface area (Å²) in [6, 6.07) is 0.